The minimum Gasteiger partial charge on any atom is -0.476 e. The number of carboxylic acids is 1. The minimum atomic E-state index is -1.08. The van der Waals surface area contributed by atoms with E-state index in [4.69, 9.17) is 10.8 Å². The molecule has 0 aliphatic heterocycles. The lowest BCUT2D eigenvalue weighted by atomic mass is 10.4. The van der Waals surface area contributed by atoms with E-state index < -0.39 is 5.97 Å². The van der Waals surface area contributed by atoms with E-state index in [1.165, 1.54) is 16.9 Å². The molecule has 0 atom stereocenters. The predicted octanol–water partition coefficient (Wildman–Crippen LogP) is 0.369. The van der Waals surface area contributed by atoms with Gasteiger partial charge in [0, 0.05) is 12.7 Å². The average molecular weight is 221 g/mol. The molecule has 0 bridgehead atoms. The van der Waals surface area contributed by atoms with Crippen molar-refractivity contribution in [1.29, 1.82) is 0 Å². The Labute approximate surface area is 91.1 Å². The molecule has 0 fully saturated rings. The van der Waals surface area contributed by atoms with Crippen LogP contribution in [0, 0.1) is 0 Å². The van der Waals surface area contributed by atoms with Crippen LogP contribution in [-0.4, -0.2) is 30.6 Å². The molecule has 7 nitrogen and oxygen atoms in total. The number of aryl methyl sites for hydroxylation is 1. The molecule has 84 valence electrons. The van der Waals surface area contributed by atoms with Crippen LogP contribution in [0.3, 0.4) is 0 Å². The molecule has 2 aromatic rings. The number of carboxylic acid groups (broad SMARTS) is 1. The summed E-state index contributed by atoms with van der Waals surface area (Å²) in [5.74, 6) is -0.637. The van der Waals surface area contributed by atoms with Gasteiger partial charge in [0.05, 0.1) is 11.9 Å². The summed E-state index contributed by atoms with van der Waals surface area (Å²) in [6.45, 7) is 2.62. The van der Waals surface area contributed by atoms with Gasteiger partial charge in [-0.15, -0.1) is 0 Å². The van der Waals surface area contributed by atoms with E-state index in [-0.39, 0.29) is 5.69 Å². The Hall–Kier alpha value is -2.31. The minimum absolute atomic E-state index is 0.0366. The highest BCUT2D eigenvalue weighted by molar-refractivity contribution is 5.85. The predicted molar refractivity (Wildman–Crippen MR) is 56.4 cm³/mol. The third-order valence-corrected chi connectivity index (χ3v) is 2.12. The Kier molecular flexibility index (Phi) is 2.35. The van der Waals surface area contributed by atoms with Crippen molar-refractivity contribution in [3.05, 3.63) is 24.2 Å². The van der Waals surface area contributed by atoms with Crippen molar-refractivity contribution in [2.24, 2.45) is 0 Å². The van der Waals surface area contributed by atoms with Gasteiger partial charge in [-0.1, -0.05) is 0 Å². The molecule has 0 spiro atoms. The summed E-state index contributed by atoms with van der Waals surface area (Å²) in [7, 11) is 0. The van der Waals surface area contributed by atoms with Gasteiger partial charge in [0.25, 0.3) is 0 Å². The van der Waals surface area contributed by atoms with Crippen LogP contribution in [0.4, 0.5) is 5.69 Å². The third-order valence-electron chi connectivity index (χ3n) is 2.12. The standard InChI is InChI=1S/C9H11N5O2/c1-2-13-5-6(10)8(12-13)14-4-3-7(11-14)9(15)16/h3-5H,2,10H2,1H3,(H,15,16). The molecule has 0 radical (unpaired) electrons. The lowest BCUT2D eigenvalue weighted by Gasteiger charge is -1.96. The first-order chi connectivity index (χ1) is 7.61. The molecule has 2 rings (SSSR count). The zero-order valence-corrected chi connectivity index (χ0v) is 8.66. The number of aromatic carboxylic acids is 1. The normalized spacial score (nSPS) is 10.6. The lowest BCUT2D eigenvalue weighted by molar-refractivity contribution is 0.0690. The van der Waals surface area contributed by atoms with Crippen LogP contribution < -0.4 is 5.73 Å². The Morgan fingerprint density at radius 1 is 1.56 bits per heavy atom. The fourth-order valence-electron chi connectivity index (χ4n) is 1.32. The number of hydrogen-bond acceptors (Lipinski definition) is 4. The maximum atomic E-state index is 10.7. The number of hydrogen-bond donors (Lipinski definition) is 2. The zero-order valence-electron chi connectivity index (χ0n) is 8.66. The van der Waals surface area contributed by atoms with Crippen molar-refractivity contribution in [3.63, 3.8) is 0 Å². The summed E-state index contributed by atoms with van der Waals surface area (Å²) in [5.41, 5.74) is 6.17. The van der Waals surface area contributed by atoms with Crippen molar-refractivity contribution in [2.45, 2.75) is 13.5 Å². The summed E-state index contributed by atoms with van der Waals surface area (Å²) < 4.78 is 3.01. The zero-order chi connectivity index (χ0) is 11.7. The summed E-state index contributed by atoms with van der Waals surface area (Å²) in [4.78, 5) is 10.7. The number of rotatable bonds is 3. The van der Waals surface area contributed by atoms with E-state index >= 15 is 0 Å². The highest BCUT2D eigenvalue weighted by atomic mass is 16.4. The van der Waals surface area contributed by atoms with Crippen molar-refractivity contribution < 1.29 is 9.90 Å². The van der Waals surface area contributed by atoms with Gasteiger partial charge < -0.3 is 10.8 Å². The van der Waals surface area contributed by atoms with Crippen molar-refractivity contribution in [3.8, 4) is 5.82 Å². The molecule has 0 aliphatic rings. The molecular formula is C9H11N5O2. The molecule has 0 aliphatic carbocycles. The quantitative estimate of drug-likeness (QED) is 0.780. The second-order valence-electron chi connectivity index (χ2n) is 3.21. The van der Waals surface area contributed by atoms with Gasteiger partial charge in [0.1, 0.15) is 0 Å². The topological polar surface area (TPSA) is 99.0 Å². The number of carbonyl (C=O) groups is 1. The summed E-state index contributed by atoms with van der Waals surface area (Å²) >= 11 is 0. The van der Waals surface area contributed by atoms with Gasteiger partial charge in [-0.2, -0.15) is 10.2 Å². The maximum absolute atomic E-state index is 10.7. The average Bonchev–Trinajstić information content (AvgIpc) is 2.83. The van der Waals surface area contributed by atoms with Crippen molar-refractivity contribution in [2.75, 3.05) is 5.73 Å². The molecule has 0 amide bonds. The Balaban J connectivity index is 2.41. The van der Waals surface area contributed by atoms with E-state index in [0.29, 0.717) is 18.1 Å². The van der Waals surface area contributed by atoms with Crippen LogP contribution in [0.25, 0.3) is 5.82 Å². The molecule has 0 unspecified atom stereocenters. The van der Waals surface area contributed by atoms with Crippen LogP contribution in [0.15, 0.2) is 18.5 Å². The largest absolute Gasteiger partial charge is 0.476 e. The van der Waals surface area contributed by atoms with Gasteiger partial charge in [0.2, 0.25) is 0 Å². The molecule has 3 N–H and O–H groups in total. The van der Waals surface area contributed by atoms with Gasteiger partial charge in [-0.25, -0.2) is 9.48 Å². The summed E-state index contributed by atoms with van der Waals surface area (Å²) in [6, 6.07) is 1.40. The number of nitrogen functional groups attached to an aromatic ring is 1. The molecule has 7 heteroatoms. The van der Waals surface area contributed by atoms with Gasteiger partial charge in [-0.3, -0.25) is 4.68 Å². The van der Waals surface area contributed by atoms with Crippen LogP contribution in [0.2, 0.25) is 0 Å². The Bertz CT molecular complexity index is 528. The first-order valence-electron chi connectivity index (χ1n) is 4.74. The highest BCUT2D eigenvalue weighted by Gasteiger charge is 2.12. The van der Waals surface area contributed by atoms with Crippen LogP contribution in [-0.2, 0) is 6.54 Å². The summed E-state index contributed by atoms with van der Waals surface area (Å²) in [6.07, 6.45) is 3.19. The van der Waals surface area contributed by atoms with Crippen LogP contribution in [0.5, 0.6) is 0 Å². The summed E-state index contributed by atoms with van der Waals surface area (Å²) in [5, 5.41) is 16.8. The Morgan fingerprint density at radius 2 is 2.31 bits per heavy atom. The van der Waals surface area contributed by atoms with Crippen LogP contribution in [0.1, 0.15) is 17.4 Å². The first-order valence-corrected chi connectivity index (χ1v) is 4.74. The number of aromatic nitrogens is 4. The molecule has 16 heavy (non-hydrogen) atoms. The van der Waals surface area contributed by atoms with E-state index in [2.05, 4.69) is 10.2 Å². The molecular weight excluding hydrogens is 210 g/mol. The van der Waals surface area contributed by atoms with E-state index in [1.54, 1.807) is 10.9 Å². The Morgan fingerprint density at radius 3 is 2.81 bits per heavy atom. The second-order valence-corrected chi connectivity index (χ2v) is 3.21. The fraction of sp³-hybridized carbons (Fsp3) is 0.222. The lowest BCUT2D eigenvalue weighted by Crippen LogP contribution is -2.04. The molecule has 2 aromatic heterocycles. The molecule has 0 saturated heterocycles. The number of nitrogens with zero attached hydrogens (tertiary/aromatic N) is 4. The first kappa shape index (κ1) is 10.2. The van der Waals surface area contributed by atoms with Gasteiger partial charge in [0.15, 0.2) is 11.5 Å². The van der Waals surface area contributed by atoms with E-state index in [1.807, 2.05) is 6.92 Å². The van der Waals surface area contributed by atoms with Crippen molar-refractivity contribution in [1.82, 2.24) is 19.6 Å². The molecule has 2 heterocycles. The van der Waals surface area contributed by atoms with Gasteiger partial charge >= 0.3 is 5.97 Å². The fourth-order valence-corrected chi connectivity index (χ4v) is 1.32. The third kappa shape index (κ3) is 1.62. The highest BCUT2D eigenvalue weighted by Crippen LogP contribution is 2.14. The number of nitrogens with two attached hydrogens (primary N) is 1. The monoisotopic (exact) mass is 221 g/mol. The second kappa shape index (κ2) is 3.69. The van der Waals surface area contributed by atoms with Crippen molar-refractivity contribution >= 4 is 11.7 Å². The maximum Gasteiger partial charge on any atom is 0.356 e. The van der Waals surface area contributed by atoms with E-state index in [9.17, 15) is 4.79 Å². The van der Waals surface area contributed by atoms with Crippen LogP contribution >= 0.6 is 0 Å². The molecule has 0 saturated carbocycles. The smallest absolute Gasteiger partial charge is 0.356 e. The SMILES string of the molecule is CCn1cc(N)c(-n2ccc(C(=O)O)n2)n1. The van der Waals surface area contributed by atoms with Gasteiger partial charge in [-0.05, 0) is 13.0 Å². The number of anilines is 1. The molecule has 0 aromatic carbocycles. The van der Waals surface area contributed by atoms with E-state index in [0.717, 1.165) is 0 Å².